The highest BCUT2D eigenvalue weighted by Crippen LogP contribution is 2.48. The van der Waals surface area contributed by atoms with Crippen molar-refractivity contribution in [3.63, 3.8) is 0 Å². The maximum atomic E-state index is 2.49. The minimum atomic E-state index is 0.0524. The summed E-state index contributed by atoms with van der Waals surface area (Å²) in [5.41, 5.74) is 17.7. The molecule has 10 aromatic carbocycles. The van der Waals surface area contributed by atoms with Crippen molar-refractivity contribution in [3.8, 4) is 50.2 Å². The first kappa shape index (κ1) is 38.9. The van der Waals surface area contributed by atoms with Crippen molar-refractivity contribution in [1.29, 1.82) is 0 Å². The van der Waals surface area contributed by atoms with Crippen LogP contribution in [0.5, 0.6) is 0 Å². The van der Waals surface area contributed by atoms with Crippen LogP contribution < -0.4 is 4.90 Å². The molecule has 11 rings (SSSR count). The van der Waals surface area contributed by atoms with E-state index in [1.165, 1.54) is 71.5 Å². The average Bonchev–Trinajstić information content (AvgIpc) is 3.69. The molecular formula is C62H48N2. The van der Waals surface area contributed by atoms with E-state index in [1.54, 1.807) is 0 Å². The molecule has 0 aliphatic heterocycles. The number of hydrogen-bond acceptors (Lipinski definition) is 1. The number of fused-ring (bicyclic) bond motifs is 4. The largest absolute Gasteiger partial charge is 0.309 e. The fourth-order valence-electron chi connectivity index (χ4n) is 9.72. The van der Waals surface area contributed by atoms with Gasteiger partial charge in [0.25, 0.3) is 0 Å². The van der Waals surface area contributed by atoms with Gasteiger partial charge in [-0.15, -0.1) is 0 Å². The lowest BCUT2D eigenvalue weighted by Gasteiger charge is -2.31. The van der Waals surface area contributed by atoms with E-state index in [-0.39, 0.29) is 5.41 Å². The number of hydrogen-bond donors (Lipinski definition) is 0. The number of nitrogens with zero attached hydrogens (tertiary/aromatic N) is 2. The summed E-state index contributed by atoms with van der Waals surface area (Å²) in [7, 11) is 0. The van der Waals surface area contributed by atoms with E-state index in [9.17, 15) is 0 Å². The minimum Gasteiger partial charge on any atom is -0.309 e. The predicted octanol–water partition coefficient (Wildman–Crippen LogP) is 17.4. The average molecular weight is 821 g/mol. The first-order valence-electron chi connectivity index (χ1n) is 22.3. The van der Waals surface area contributed by atoms with E-state index in [4.69, 9.17) is 0 Å². The molecule has 0 atom stereocenters. The van der Waals surface area contributed by atoms with Gasteiger partial charge in [0, 0.05) is 33.3 Å². The topological polar surface area (TPSA) is 8.17 Å². The first-order chi connectivity index (χ1) is 31.4. The van der Waals surface area contributed by atoms with Crippen molar-refractivity contribution >= 4 is 49.6 Å². The Morgan fingerprint density at radius 1 is 0.359 bits per heavy atom. The first-order valence-corrected chi connectivity index (χ1v) is 22.3. The molecule has 1 aromatic heterocycles. The Balaban J connectivity index is 1.16. The lowest BCUT2D eigenvalue weighted by atomic mass is 9.86. The van der Waals surface area contributed by atoms with Crippen LogP contribution in [0.1, 0.15) is 26.3 Å². The Morgan fingerprint density at radius 3 is 1.61 bits per heavy atom. The molecule has 0 saturated carbocycles. The zero-order valence-electron chi connectivity index (χ0n) is 36.4. The molecule has 1 heterocycles. The van der Waals surface area contributed by atoms with Gasteiger partial charge in [0.2, 0.25) is 0 Å². The van der Waals surface area contributed by atoms with E-state index in [0.29, 0.717) is 0 Å². The molecule has 0 unspecified atom stereocenters. The highest BCUT2D eigenvalue weighted by molar-refractivity contribution is 6.16. The van der Waals surface area contributed by atoms with Gasteiger partial charge in [-0.1, -0.05) is 209 Å². The molecule has 0 radical (unpaired) electrons. The van der Waals surface area contributed by atoms with E-state index in [1.807, 2.05) is 0 Å². The lowest BCUT2D eigenvalue weighted by Crippen LogP contribution is -2.13. The molecule has 11 aromatic rings. The summed E-state index contributed by atoms with van der Waals surface area (Å²) in [6.07, 6.45) is 0. The lowest BCUT2D eigenvalue weighted by molar-refractivity contribution is 0.590. The summed E-state index contributed by atoms with van der Waals surface area (Å²) < 4.78 is 2.40. The number of anilines is 3. The Kier molecular flexibility index (Phi) is 9.78. The highest BCUT2D eigenvalue weighted by atomic mass is 15.1. The summed E-state index contributed by atoms with van der Waals surface area (Å²) in [6, 6.07) is 86.6. The number of benzene rings is 10. The fourth-order valence-corrected chi connectivity index (χ4v) is 9.72. The quantitative estimate of drug-likeness (QED) is 0.148. The fraction of sp³-hybridized carbons (Fsp3) is 0.0645. The van der Waals surface area contributed by atoms with Gasteiger partial charge in [0.15, 0.2) is 0 Å². The Hall–Kier alpha value is -7.94. The second-order valence-corrected chi connectivity index (χ2v) is 17.7. The van der Waals surface area contributed by atoms with Crippen LogP contribution in [-0.4, -0.2) is 4.57 Å². The molecule has 0 fully saturated rings. The smallest absolute Gasteiger partial charge is 0.0547 e. The predicted molar refractivity (Wildman–Crippen MR) is 273 cm³/mol. The molecule has 64 heavy (non-hydrogen) atoms. The minimum absolute atomic E-state index is 0.0524. The zero-order valence-corrected chi connectivity index (χ0v) is 36.4. The van der Waals surface area contributed by atoms with Gasteiger partial charge in [-0.25, -0.2) is 0 Å². The van der Waals surface area contributed by atoms with Crippen LogP contribution in [0.15, 0.2) is 237 Å². The van der Waals surface area contributed by atoms with Crippen LogP contribution in [0, 0.1) is 0 Å². The van der Waals surface area contributed by atoms with Crippen molar-refractivity contribution in [2.75, 3.05) is 4.90 Å². The van der Waals surface area contributed by atoms with Gasteiger partial charge in [0.05, 0.1) is 22.4 Å². The van der Waals surface area contributed by atoms with E-state index in [2.05, 4.69) is 267 Å². The van der Waals surface area contributed by atoms with E-state index >= 15 is 0 Å². The summed E-state index contributed by atoms with van der Waals surface area (Å²) in [6.45, 7) is 6.83. The molecule has 0 aliphatic rings. The molecule has 0 aliphatic carbocycles. The number of aromatic nitrogens is 1. The molecule has 0 amide bonds. The van der Waals surface area contributed by atoms with Crippen LogP contribution in [-0.2, 0) is 5.41 Å². The maximum absolute atomic E-state index is 2.49. The van der Waals surface area contributed by atoms with Gasteiger partial charge in [-0.2, -0.15) is 0 Å². The summed E-state index contributed by atoms with van der Waals surface area (Å²) in [5, 5.41) is 4.93. The van der Waals surface area contributed by atoms with Gasteiger partial charge in [-0.05, 0) is 104 Å². The molecular weight excluding hydrogens is 773 g/mol. The van der Waals surface area contributed by atoms with Gasteiger partial charge >= 0.3 is 0 Å². The SMILES string of the molecule is CC(C)(C)c1ccc(-c2ccccc2N(c2cccc(-c3cccc4c3c3ccccc3n4-c3ccccc3)c2)c2ccccc2-c2cccc3cccc(-c4ccccc4)c23)cc1. The van der Waals surface area contributed by atoms with Gasteiger partial charge in [0.1, 0.15) is 0 Å². The molecule has 0 N–H and O–H groups in total. The summed E-state index contributed by atoms with van der Waals surface area (Å²) in [4.78, 5) is 2.49. The molecule has 0 spiro atoms. The van der Waals surface area contributed by atoms with Crippen molar-refractivity contribution in [2.24, 2.45) is 0 Å². The van der Waals surface area contributed by atoms with Crippen LogP contribution in [0.4, 0.5) is 17.1 Å². The molecule has 2 nitrogen and oxygen atoms in total. The third kappa shape index (κ3) is 6.85. The van der Waals surface area contributed by atoms with Crippen molar-refractivity contribution in [3.05, 3.63) is 242 Å². The zero-order chi connectivity index (χ0) is 43.2. The molecule has 306 valence electrons. The van der Waals surface area contributed by atoms with Gasteiger partial charge in [-0.3, -0.25) is 0 Å². The monoisotopic (exact) mass is 820 g/mol. The van der Waals surface area contributed by atoms with Crippen molar-refractivity contribution in [1.82, 2.24) is 4.57 Å². The second kappa shape index (κ2) is 16.1. The van der Waals surface area contributed by atoms with Crippen LogP contribution >= 0.6 is 0 Å². The van der Waals surface area contributed by atoms with Crippen LogP contribution in [0.2, 0.25) is 0 Å². The van der Waals surface area contributed by atoms with E-state index in [0.717, 1.165) is 33.9 Å². The van der Waals surface area contributed by atoms with E-state index < -0.39 is 0 Å². The van der Waals surface area contributed by atoms with Crippen molar-refractivity contribution in [2.45, 2.75) is 26.2 Å². The van der Waals surface area contributed by atoms with Crippen LogP contribution in [0.25, 0.3) is 82.8 Å². The highest BCUT2D eigenvalue weighted by Gasteiger charge is 2.24. The standard InChI is InChI=1S/C62H48N2/c1-62(2,3)47-40-38-44(39-41-47)50-28-10-13-34-56(50)64(57-35-14-11-29-53(57)54-33-18-23-45-22-17-31-51(60(45)54)43-20-6-4-7-21-43)49-27-16-24-46(42-49)52-32-19-37-59-61(52)55-30-12-15-36-58(55)63(59)48-25-8-5-9-26-48/h4-42H,1-3H3. The number of para-hydroxylation sites is 4. The maximum Gasteiger partial charge on any atom is 0.0547 e. The van der Waals surface area contributed by atoms with Crippen LogP contribution in [0.3, 0.4) is 0 Å². The Labute approximate surface area is 376 Å². The number of rotatable bonds is 8. The second-order valence-electron chi connectivity index (χ2n) is 17.7. The Bertz CT molecular complexity index is 3460. The summed E-state index contributed by atoms with van der Waals surface area (Å²) in [5.74, 6) is 0. The summed E-state index contributed by atoms with van der Waals surface area (Å²) >= 11 is 0. The third-order valence-electron chi connectivity index (χ3n) is 12.8. The normalized spacial score (nSPS) is 11.7. The van der Waals surface area contributed by atoms with Crippen molar-refractivity contribution < 1.29 is 0 Å². The molecule has 0 saturated heterocycles. The molecule has 2 heteroatoms. The van der Waals surface area contributed by atoms with Gasteiger partial charge < -0.3 is 9.47 Å². The Morgan fingerprint density at radius 2 is 0.875 bits per heavy atom. The third-order valence-corrected chi connectivity index (χ3v) is 12.8. The molecule has 0 bridgehead atoms.